The van der Waals surface area contributed by atoms with E-state index in [1.165, 1.54) is 6.07 Å². The second-order valence-corrected chi connectivity index (χ2v) is 9.27. The van der Waals surface area contributed by atoms with Gasteiger partial charge < -0.3 is 15.4 Å². The molecule has 2 saturated carbocycles. The Kier molecular flexibility index (Phi) is 4.88. The number of amides is 2. The number of anilines is 1. The zero-order valence-corrected chi connectivity index (χ0v) is 18.1. The third-order valence-corrected chi connectivity index (χ3v) is 7.10. The van der Waals surface area contributed by atoms with Crippen LogP contribution in [-0.2, 0) is 5.54 Å². The topological polar surface area (TPSA) is 66.5 Å². The molecule has 0 radical (unpaired) electrons. The predicted octanol–water partition coefficient (Wildman–Crippen LogP) is 4.03. The quantitative estimate of drug-likeness (QED) is 0.761. The van der Waals surface area contributed by atoms with Crippen molar-refractivity contribution in [2.75, 3.05) is 18.5 Å². The summed E-state index contributed by atoms with van der Waals surface area (Å²) >= 11 is 0. The van der Waals surface area contributed by atoms with Gasteiger partial charge in [-0.3, -0.25) is 4.90 Å². The smallest absolute Gasteiger partial charge is 0.323 e. The van der Waals surface area contributed by atoms with E-state index in [4.69, 9.17) is 4.74 Å². The van der Waals surface area contributed by atoms with Gasteiger partial charge in [-0.05, 0) is 81.8 Å². The Morgan fingerprint density at radius 2 is 2.00 bits per heavy atom. The number of rotatable bonds is 5. The maximum Gasteiger partial charge on any atom is 0.323 e. The number of aryl methyl sites for hydroxylation is 1. The number of benzene rings is 1. The zero-order chi connectivity index (χ0) is 21.6. The molecule has 6 nitrogen and oxygen atoms in total. The molecule has 1 aliphatic heterocycles. The Balaban J connectivity index is 1.32. The maximum atomic E-state index is 13.8. The molecule has 164 valence electrons. The van der Waals surface area contributed by atoms with Gasteiger partial charge in [-0.2, -0.15) is 0 Å². The lowest BCUT2D eigenvalue weighted by Gasteiger charge is -2.45. The highest BCUT2D eigenvalue weighted by molar-refractivity contribution is 5.95. The standard InChI is InChI=1S/C24H29FN4O2/c1-16-12-20(31-19-6-7-19)14-27-21(16)29-15-23(28-22(29)30)8-10-24(26-2,11-9-23)17-4-3-5-18(25)13-17/h3-5,12-14,19,26H,6-11,15H2,1-2H3,(H,28,30). The molecule has 2 amide bonds. The summed E-state index contributed by atoms with van der Waals surface area (Å²) in [4.78, 5) is 19.2. The molecule has 1 aromatic heterocycles. The summed E-state index contributed by atoms with van der Waals surface area (Å²) in [6.45, 7) is 2.56. The Bertz CT molecular complexity index is 999. The SMILES string of the molecule is CNC1(c2cccc(F)c2)CCC2(CC1)CN(c1ncc(OC3CC3)cc1C)C(=O)N2. The lowest BCUT2D eigenvalue weighted by Crippen LogP contribution is -2.53. The second kappa shape index (κ2) is 7.48. The number of halogens is 1. The van der Waals surface area contributed by atoms with Gasteiger partial charge in [-0.1, -0.05) is 12.1 Å². The molecule has 3 aliphatic rings. The molecule has 2 aromatic rings. The number of urea groups is 1. The largest absolute Gasteiger partial charge is 0.489 e. The molecule has 0 atom stereocenters. The minimum absolute atomic E-state index is 0.103. The molecule has 0 bridgehead atoms. The van der Waals surface area contributed by atoms with Crippen molar-refractivity contribution in [3.63, 3.8) is 0 Å². The van der Waals surface area contributed by atoms with Crippen molar-refractivity contribution in [1.29, 1.82) is 0 Å². The van der Waals surface area contributed by atoms with E-state index >= 15 is 0 Å². The number of nitrogens with zero attached hydrogens (tertiary/aromatic N) is 2. The van der Waals surface area contributed by atoms with E-state index in [0.29, 0.717) is 18.5 Å². The van der Waals surface area contributed by atoms with E-state index < -0.39 is 0 Å². The zero-order valence-electron chi connectivity index (χ0n) is 18.1. The van der Waals surface area contributed by atoms with Gasteiger partial charge in [0.15, 0.2) is 0 Å². The fourth-order valence-electron chi connectivity index (χ4n) is 5.05. The number of hydrogen-bond donors (Lipinski definition) is 2. The van der Waals surface area contributed by atoms with E-state index in [9.17, 15) is 9.18 Å². The van der Waals surface area contributed by atoms with Gasteiger partial charge in [0, 0.05) is 5.54 Å². The number of pyridine rings is 1. The van der Waals surface area contributed by atoms with Crippen LogP contribution in [0.2, 0.25) is 0 Å². The van der Waals surface area contributed by atoms with Gasteiger partial charge in [-0.15, -0.1) is 0 Å². The number of nitrogens with one attached hydrogen (secondary N) is 2. The number of hydrogen-bond acceptors (Lipinski definition) is 4. The van der Waals surface area contributed by atoms with Crippen LogP contribution in [0.5, 0.6) is 5.75 Å². The van der Waals surface area contributed by atoms with Gasteiger partial charge in [0.25, 0.3) is 0 Å². The monoisotopic (exact) mass is 424 g/mol. The molecule has 5 rings (SSSR count). The molecule has 7 heteroatoms. The van der Waals surface area contributed by atoms with Crippen molar-refractivity contribution in [2.24, 2.45) is 0 Å². The summed E-state index contributed by atoms with van der Waals surface area (Å²) in [7, 11) is 1.93. The first-order chi connectivity index (χ1) is 14.9. The van der Waals surface area contributed by atoms with Crippen LogP contribution in [0.4, 0.5) is 15.0 Å². The molecule has 0 unspecified atom stereocenters. The van der Waals surface area contributed by atoms with Crippen molar-refractivity contribution in [2.45, 2.75) is 62.6 Å². The van der Waals surface area contributed by atoms with Gasteiger partial charge in [0.05, 0.1) is 24.4 Å². The van der Waals surface area contributed by atoms with Gasteiger partial charge in [-0.25, -0.2) is 14.2 Å². The summed E-state index contributed by atoms with van der Waals surface area (Å²) in [5, 5.41) is 6.68. The van der Waals surface area contributed by atoms with Crippen LogP contribution in [-0.4, -0.2) is 36.3 Å². The normalized spacial score (nSPS) is 28.1. The number of aromatic nitrogens is 1. The Morgan fingerprint density at radius 3 is 2.65 bits per heavy atom. The molecule has 2 N–H and O–H groups in total. The highest BCUT2D eigenvalue weighted by atomic mass is 19.1. The Morgan fingerprint density at radius 1 is 1.23 bits per heavy atom. The van der Waals surface area contributed by atoms with Crippen molar-refractivity contribution in [3.8, 4) is 5.75 Å². The fraction of sp³-hybridized carbons (Fsp3) is 0.500. The summed E-state index contributed by atoms with van der Waals surface area (Å²) in [5.41, 5.74) is 1.34. The first-order valence-corrected chi connectivity index (χ1v) is 11.1. The molecular weight excluding hydrogens is 395 g/mol. The highest BCUT2D eigenvalue weighted by Gasteiger charge is 2.49. The highest BCUT2D eigenvalue weighted by Crippen LogP contribution is 2.44. The Hall–Kier alpha value is -2.67. The summed E-state index contributed by atoms with van der Waals surface area (Å²) < 4.78 is 19.7. The third kappa shape index (κ3) is 3.76. The number of carbonyl (C=O) groups excluding carboxylic acids is 1. The van der Waals surface area contributed by atoms with Gasteiger partial charge in [0.1, 0.15) is 17.4 Å². The van der Waals surface area contributed by atoms with Crippen LogP contribution >= 0.6 is 0 Å². The average Bonchev–Trinajstić information content (AvgIpc) is 3.51. The van der Waals surface area contributed by atoms with E-state index in [-0.39, 0.29) is 22.9 Å². The molecule has 31 heavy (non-hydrogen) atoms. The van der Waals surface area contributed by atoms with Crippen LogP contribution in [0, 0.1) is 12.7 Å². The maximum absolute atomic E-state index is 13.8. The first kappa shape index (κ1) is 20.2. The van der Waals surface area contributed by atoms with Crippen LogP contribution in [0.3, 0.4) is 0 Å². The van der Waals surface area contributed by atoms with E-state index in [0.717, 1.165) is 55.4 Å². The van der Waals surface area contributed by atoms with Crippen molar-refractivity contribution < 1.29 is 13.9 Å². The molecule has 2 aliphatic carbocycles. The fourth-order valence-corrected chi connectivity index (χ4v) is 5.05. The lowest BCUT2D eigenvalue weighted by atomic mass is 9.69. The summed E-state index contributed by atoms with van der Waals surface area (Å²) in [5.74, 6) is 1.24. The first-order valence-electron chi connectivity index (χ1n) is 11.1. The molecular formula is C24H29FN4O2. The van der Waals surface area contributed by atoms with Crippen LogP contribution < -0.4 is 20.3 Å². The van der Waals surface area contributed by atoms with Crippen LogP contribution in [0.15, 0.2) is 36.5 Å². The van der Waals surface area contributed by atoms with Crippen LogP contribution in [0.25, 0.3) is 0 Å². The predicted molar refractivity (Wildman–Crippen MR) is 117 cm³/mol. The molecule has 2 heterocycles. The van der Waals surface area contributed by atoms with E-state index in [2.05, 4.69) is 15.6 Å². The number of carbonyl (C=O) groups is 1. The summed E-state index contributed by atoms with van der Waals surface area (Å²) in [6, 6.07) is 8.70. The van der Waals surface area contributed by atoms with Crippen molar-refractivity contribution in [1.82, 2.24) is 15.6 Å². The average molecular weight is 425 g/mol. The van der Waals surface area contributed by atoms with E-state index in [1.807, 2.05) is 26.1 Å². The van der Waals surface area contributed by atoms with Crippen LogP contribution in [0.1, 0.15) is 49.7 Å². The van der Waals surface area contributed by atoms with Gasteiger partial charge in [0.2, 0.25) is 0 Å². The lowest BCUT2D eigenvalue weighted by molar-refractivity contribution is 0.166. The minimum Gasteiger partial charge on any atom is -0.489 e. The van der Waals surface area contributed by atoms with E-state index in [1.54, 1.807) is 23.2 Å². The van der Waals surface area contributed by atoms with Crippen molar-refractivity contribution >= 4 is 11.8 Å². The third-order valence-electron chi connectivity index (χ3n) is 7.10. The van der Waals surface area contributed by atoms with Crippen molar-refractivity contribution in [3.05, 3.63) is 53.5 Å². The summed E-state index contributed by atoms with van der Waals surface area (Å²) in [6.07, 6.45) is 7.50. The minimum atomic E-state index is -0.290. The molecule has 1 spiro atoms. The van der Waals surface area contributed by atoms with Gasteiger partial charge >= 0.3 is 6.03 Å². The molecule has 3 fully saturated rings. The molecule has 1 aromatic carbocycles. The second-order valence-electron chi connectivity index (χ2n) is 9.27. The molecule has 1 saturated heterocycles. The Labute approximate surface area is 182 Å². The number of ether oxygens (including phenoxy) is 1.